The van der Waals surface area contributed by atoms with Crippen LogP contribution in [-0.2, 0) is 16.0 Å². The summed E-state index contributed by atoms with van der Waals surface area (Å²) in [6, 6.07) is 6.08. The molecule has 6 heteroatoms. The van der Waals surface area contributed by atoms with Crippen molar-refractivity contribution in [2.24, 2.45) is 0 Å². The topological polar surface area (TPSA) is 63.1 Å². The van der Waals surface area contributed by atoms with Crippen LogP contribution in [0.2, 0.25) is 0 Å². The summed E-state index contributed by atoms with van der Waals surface area (Å²) in [5.74, 6) is 0.0265. The predicted octanol–water partition coefficient (Wildman–Crippen LogP) is 0.853. The summed E-state index contributed by atoms with van der Waals surface area (Å²) in [5.41, 5.74) is 3.19. The van der Waals surface area contributed by atoms with Crippen molar-refractivity contribution in [3.63, 3.8) is 0 Å². The number of rotatable bonds is 5. The second kappa shape index (κ2) is 8.68. The van der Waals surface area contributed by atoms with Crippen molar-refractivity contribution in [2.75, 3.05) is 44.6 Å². The first-order valence-electron chi connectivity index (χ1n) is 8.68. The molecule has 2 rings (SSSR count). The number of amides is 2. The summed E-state index contributed by atoms with van der Waals surface area (Å²) < 4.78 is 5.01. The van der Waals surface area contributed by atoms with E-state index in [0.29, 0.717) is 26.2 Å². The zero-order valence-corrected chi connectivity index (χ0v) is 14.9. The molecule has 0 bridgehead atoms. The highest BCUT2D eigenvalue weighted by Gasteiger charge is 2.26. The third-order valence-corrected chi connectivity index (χ3v) is 4.41. The highest BCUT2D eigenvalue weighted by Crippen LogP contribution is 2.20. The van der Waals surface area contributed by atoms with Crippen LogP contribution in [0.3, 0.4) is 0 Å². The number of ether oxygens (including phenoxy) is 1. The third kappa shape index (κ3) is 4.71. The fourth-order valence-corrected chi connectivity index (χ4v) is 3.01. The number of carbonyl (C=O) groups excluding carboxylic acids is 2. The van der Waals surface area contributed by atoms with Crippen molar-refractivity contribution in [1.29, 1.82) is 0 Å². The Labute approximate surface area is 143 Å². The number of quaternary nitrogens is 1. The van der Waals surface area contributed by atoms with Crippen molar-refractivity contribution >= 4 is 17.7 Å². The maximum absolute atomic E-state index is 12.4. The fraction of sp³-hybridized carbons (Fsp3) is 0.556. The highest BCUT2D eigenvalue weighted by molar-refractivity contribution is 5.93. The van der Waals surface area contributed by atoms with Crippen LogP contribution in [-0.4, -0.2) is 56.2 Å². The van der Waals surface area contributed by atoms with Crippen LogP contribution in [0, 0.1) is 6.92 Å². The number of carbonyl (C=O) groups is 2. The smallest absolute Gasteiger partial charge is 0.410 e. The first kappa shape index (κ1) is 18.3. The van der Waals surface area contributed by atoms with Crippen LogP contribution in [0.5, 0.6) is 0 Å². The van der Waals surface area contributed by atoms with E-state index < -0.39 is 0 Å². The second-order valence-electron chi connectivity index (χ2n) is 6.12. The minimum absolute atomic E-state index is 0.0265. The lowest BCUT2D eigenvalue weighted by molar-refractivity contribution is -0.895. The molecule has 0 spiro atoms. The maximum atomic E-state index is 12.4. The lowest BCUT2D eigenvalue weighted by atomic mass is 10.1. The first-order valence-corrected chi connectivity index (χ1v) is 8.68. The van der Waals surface area contributed by atoms with Gasteiger partial charge in [-0.3, -0.25) is 9.69 Å². The monoisotopic (exact) mass is 334 g/mol. The SMILES string of the molecule is CCOC(=O)N1CC[NH+](CC(=O)Nc2c(C)cccc2CC)CC1. The molecular weight excluding hydrogens is 306 g/mol. The van der Waals surface area contributed by atoms with Gasteiger partial charge in [-0.05, 0) is 31.4 Å². The summed E-state index contributed by atoms with van der Waals surface area (Å²) in [4.78, 5) is 27.0. The standard InChI is InChI=1S/C18H27N3O3/c1-4-15-8-6-7-14(3)17(15)19-16(22)13-20-9-11-21(12-10-20)18(23)24-5-2/h6-8H,4-5,9-13H2,1-3H3,(H,19,22)/p+1. The lowest BCUT2D eigenvalue weighted by Crippen LogP contribution is -3.15. The first-order chi connectivity index (χ1) is 11.5. The van der Waals surface area contributed by atoms with E-state index in [-0.39, 0.29) is 12.0 Å². The Bertz CT molecular complexity index is 581. The molecule has 1 aromatic rings. The summed E-state index contributed by atoms with van der Waals surface area (Å²) in [7, 11) is 0. The van der Waals surface area contributed by atoms with E-state index in [4.69, 9.17) is 4.74 Å². The number of hydrogen-bond acceptors (Lipinski definition) is 3. The molecule has 2 amide bonds. The molecule has 2 N–H and O–H groups in total. The molecule has 1 aliphatic heterocycles. The van der Waals surface area contributed by atoms with Crippen molar-refractivity contribution < 1.29 is 19.2 Å². The molecule has 0 atom stereocenters. The summed E-state index contributed by atoms with van der Waals surface area (Å²) >= 11 is 0. The van der Waals surface area contributed by atoms with Gasteiger partial charge in [-0.2, -0.15) is 0 Å². The summed E-state index contributed by atoms with van der Waals surface area (Å²) in [6.45, 7) is 9.52. The third-order valence-electron chi connectivity index (χ3n) is 4.41. The molecule has 0 radical (unpaired) electrons. The van der Waals surface area contributed by atoms with Crippen LogP contribution >= 0.6 is 0 Å². The minimum atomic E-state index is -0.256. The quantitative estimate of drug-likeness (QED) is 0.839. The van der Waals surface area contributed by atoms with Crippen molar-refractivity contribution in [3.8, 4) is 0 Å². The van der Waals surface area contributed by atoms with Gasteiger partial charge >= 0.3 is 6.09 Å². The molecule has 1 aliphatic rings. The van der Waals surface area contributed by atoms with Crippen LogP contribution < -0.4 is 10.2 Å². The number of piperazine rings is 1. The van der Waals surface area contributed by atoms with Gasteiger partial charge in [0.1, 0.15) is 0 Å². The Morgan fingerprint density at radius 1 is 1.25 bits per heavy atom. The highest BCUT2D eigenvalue weighted by atomic mass is 16.6. The van der Waals surface area contributed by atoms with Gasteiger partial charge in [-0.25, -0.2) is 4.79 Å². The predicted molar refractivity (Wildman–Crippen MR) is 93.3 cm³/mol. The van der Waals surface area contributed by atoms with Gasteiger partial charge in [-0.1, -0.05) is 25.1 Å². The molecule has 0 unspecified atom stereocenters. The van der Waals surface area contributed by atoms with E-state index in [9.17, 15) is 9.59 Å². The van der Waals surface area contributed by atoms with Crippen LogP contribution in [0.25, 0.3) is 0 Å². The molecule has 132 valence electrons. The van der Waals surface area contributed by atoms with E-state index in [0.717, 1.165) is 36.3 Å². The molecule has 0 saturated carbocycles. The Morgan fingerprint density at radius 2 is 1.96 bits per heavy atom. The maximum Gasteiger partial charge on any atom is 0.410 e. The van der Waals surface area contributed by atoms with Crippen LogP contribution in [0.1, 0.15) is 25.0 Å². The van der Waals surface area contributed by atoms with E-state index in [2.05, 4.69) is 12.2 Å². The number of nitrogens with zero attached hydrogens (tertiary/aromatic N) is 1. The average molecular weight is 334 g/mol. The summed E-state index contributed by atoms with van der Waals surface area (Å²) in [5, 5.41) is 3.07. The van der Waals surface area contributed by atoms with Gasteiger partial charge in [0.2, 0.25) is 0 Å². The Morgan fingerprint density at radius 3 is 2.58 bits per heavy atom. The normalized spacial score (nSPS) is 15.2. The zero-order valence-electron chi connectivity index (χ0n) is 14.9. The average Bonchev–Trinajstić information content (AvgIpc) is 2.57. The number of benzene rings is 1. The van der Waals surface area contributed by atoms with Gasteiger partial charge < -0.3 is 15.0 Å². The molecule has 1 heterocycles. The van der Waals surface area contributed by atoms with E-state index in [1.54, 1.807) is 11.8 Å². The Kier molecular flexibility index (Phi) is 6.61. The van der Waals surface area contributed by atoms with Gasteiger partial charge in [0.25, 0.3) is 5.91 Å². The van der Waals surface area contributed by atoms with Crippen molar-refractivity contribution in [3.05, 3.63) is 29.3 Å². The largest absolute Gasteiger partial charge is 0.450 e. The molecule has 6 nitrogen and oxygen atoms in total. The molecular formula is C18H28N3O3+. The van der Waals surface area contributed by atoms with Gasteiger partial charge in [0.15, 0.2) is 6.54 Å². The van der Waals surface area contributed by atoms with Gasteiger partial charge in [0.05, 0.1) is 32.8 Å². The molecule has 0 aliphatic carbocycles. The minimum Gasteiger partial charge on any atom is -0.450 e. The molecule has 1 saturated heterocycles. The van der Waals surface area contributed by atoms with Crippen molar-refractivity contribution in [2.45, 2.75) is 27.2 Å². The molecule has 1 aromatic carbocycles. The fourth-order valence-electron chi connectivity index (χ4n) is 3.01. The number of hydrogen-bond donors (Lipinski definition) is 2. The number of para-hydroxylation sites is 1. The van der Waals surface area contributed by atoms with E-state index in [1.807, 2.05) is 25.1 Å². The van der Waals surface area contributed by atoms with E-state index >= 15 is 0 Å². The number of aryl methyl sites for hydroxylation is 2. The zero-order chi connectivity index (χ0) is 17.5. The molecule has 0 aromatic heterocycles. The lowest BCUT2D eigenvalue weighted by Gasteiger charge is -2.31. The summed E-state index contributed by atoms with van der Waals surface area (Å²) in [6.07, 6.45) is 0.635. The number of nitrogens with one attached hydrogen (secondary N) is 2. The van der Waals surface area contributed by atoms with Gasteiger partial charge in [-0.15, -0.1) is 0 Å². The molecule has 1 fully saturated rings. The van der Waals surface area contributed by atoms with Crippen molar-refractivity contribution in [1.82, 2.24) is 4.90 Å². The number of anilines is 1. The second-order valence-corrected chi connectivity index (χ2v) is 6.12. The van der Waals surface area contributed by atoms with Gasteiger partial charge in [0, 0.05) is 5.69 Å². The van der Waals surface area contributed by atoms with Crippen LogP contribution in [0.4, 0.5) is 10.5 Å². The Balaban J connectivity index is 1.85. The Hall–Kier alpha value is -2.08. The van der Waals surface area contributed by atoms with Crippen LogP contribution in [0.15, 0.2) is 18.2 Å². The van der Waals surface area contributed by atoms with E-state index in [1.165, 1.54) is 4.90 Å². The molecule has 24 heavy (non-hydrogen) atoms.